The van der Waals surface area contributed by atoms with E-state index in [2.05, 4.69) is 36.1 Å². The van der Waals surface area contributed by atoms with E-state index in [1.807, 2.05) is 4.90 Å². The number of hydrogen-bond donors (Lipinski definition) is 1. The summed E-state index contributed by atoms with van der Waals surface area (Å²) < 4.78 is 5.18. The summed E-state index contributed by atoms with van der Waals surface area (Å²) in [5, 5.41) is 0. The van der Waals surface area contributed by atoms with Crippen molar-refractivity contribution >= 4 is 11.6 Å². The Kier molecular flexibility index (Phi) is 5.59. The predicted octanol–water partition coefficient (Wildman–Crippen LogP) is 1.01. The van der Waals surface area contributed by atoms with Gasteiger partial charge in [-0.05, 0) is 24.6 Å². The molecule has 0 aromatic heterocycles. The molecule has 2 N–H and O–H groups in total. The first kappa shape index (κ1) is 15.8. The van der Waals surface area contributed by atoms with Gasteiger partial charge in [0.25, 0.3) is 0 Å². The normalized spacial score (nSPS) is 16.9. The maximum atomic E-state index is 12.2. The third kappa shape index (κ3) is 4.19. The molecule has 1 aromatic rings. The van der Waals surface area contributed by atoms with Gasteiger partial charge in [-0.2, -0.15) is 0 Å². The number of methoxy groups -OCH3 is 1. The molecular weight excluding hydrogens is 266 g/mol. The lowest BCUT2D eigenvalue weighted by Crippen LogP contribution is -2.49. The zero-order valence-electron chi connectivity index (χ0n) is 12.9. The molecule has 5 nitrogen and oxygen atoms in total. The minimum absolute atomic E-state index is 0.135. The number of nitrogens with two attached hydrogens (primary N) is 1. The Balaban J connectivity index is 1.87. The van der Waals surface area contributed by atoms with Gasteiger partial charge in [-0.1, -0.05) is 12.1 Å². The van der Waals surface area contributed by atoms with Crippen LogP contribution in [0.15, 0.2) is 24.3 Å². The third-order valence-corrected chi connectivity index (χ3v) is 4.00. The Morgan fingerprint density at radius 3 is 2.62 bits per heavy atom. The van der Waals surface area contributed by atoms with Crippen molar-refractivity contribution in [2.24, 2.45) is 5.73 Å². The van der Waals surface area contributed by atoms with Crippen LogP contribution < -0.4 is 10.6 Å². The van der Waals surface area contributed by atoms with E-state index < -0.39 is 0 Å². The number of amides is 1. The zero-order valence-corrected chi connectivity index (χ0v) is 12.9. The number of carbonyl (C=O) groups is 1. The maximum Gasteiger partial charge on any atom is 0.225 e. The number of hydrogen-bond acceptors (Lipinski definition) is 4. The average molecular weight is 291 g/mol. The van der Waals surface area contributed by atoms with Crippen LogP contribution in [-0.4, -0.2) is 56.7 Å². The molecule has 116 valence electrons. The lowest BCUT2D eigenvalue weighted by molar-refractivity contribution is -0.133. The molecule has 1 aliphatic rings. The zero-order chi connectivity index (χ0) is 15.2. The number of carbonyl (C=O) groups excluding carboxylic acids is 1. The number of piperazine rings is 1. The monoisotopic (exact) mass is 291 g/mol. The van der Waals surface area contributed by atoms with Gasteiger partial charge in [-0.15, -0.1) is 0 Å². The Morgan fingerprint density at radius 1 is 1.33 bits per heavy atom. The summed E-state index contributed by atoms with van der Waals surface area (Å²) in [5.74, 6) is 0.135. The van der Waals surface area contributed by atoms with E-state index in [-0.39, 0.29) is 12.0 Å². The first-order valence-electron chi connectivity index (χ1n) is 7.46. The van der Waals surface area contributed by atoms with Crippen LogP contribution in [0.5, 0.6) is 0 Å². The smallest absolute Gasteiger partial charge is 0.225 e. The summed E-state index contributed by atoms with van der Waals surface area (Å²) >= 11 is 0. The molecule has 0 bridgehead atoms. The molecule has 1 saturated heterocycles. The molecule has 1 amide bonds. The van der Waals surface area contributed by atoms with Crippen LogP contribution in [0.3, 0.4) is 0 Å². The fraction of sp³-hybridized carbons (Fsp3) is 0.562. The Morgan fingerprint density at radius 2 is 2.05 bits per heavy atom. The van der Waals surface area contributed by atoms with E-state index in [9.17, 15) is 4.79 Å². The molecule has 1 aromatic carbocycles. The van der Waals surface area contributed by atoms with E-state index in [1.54, 1.807) is 7.11 Å². The van der Waals surface area contributed by atoms with Crippen LogP contribution in [0.25, 0.3) is 0 Å². The van der Waals surface area contributed by atoms with Gasteiger partial charge < -0.3 is 20.3 Å². The highest BCUT2D eigenvalue weighted by Gasteiger charge is 2.23. The van der Waals surface area contributed by atoms with Crippen molar-refractivity contribution in [2.45, 2.75) is 19.4 Å². The molecule has 1 unspecified atom stereocenters. The number of anilines is 1. The van der Waals surface area contributed by atoms with Gasteiger partial charge in [0.2, 0.25) is 5.91 Å². The van der Waals surface area contributed by atoms with Gasteiger partial charge in [0.05, 0.1) is 12.5 Å². The highest BCUT2D eigenvalue weighted by Crippen LogP contribution is 2.18. The van der Waals surface area contributed by atoms with Crippen molar-refractivity contribution in [1.29, 1.82) is 0 Å². The van der Waals surface area contributed by atoms with Crippen LogP contribution >= 0.6 is 0 Å². The van der Waals surface area contributed by atoms with Gasteiger partial charge in [0, 0.05) is 45.5 Å². The highest BCUT2D eigenvalue weighted by molar-refractivity contribution is 5.77. The van der Waals surface area contributed by atoms with Gasteiger partial charge >= 0.3 is 0 Å². The van der Waals surface area contributed by atoms with Gasteiger partial charge in [0.15, 0.2) is 0 Å². The predicted molar refractivity (Wildman–Crippen MR) is 84.4 cm³/mol. The summed E-state index contributed by atoms with van der Waals surface area (Å²) in [6, 6.07) is 8.49. The minimum atomic E-state index is -0.174. The Labute approximate surface area is 126 Å². The minimum Gasteiger partial charge on any atom is -0.380 e. The second kappa shape index (κ2) is 7.43. The number of ether oxygens (including phenoxy) is 1. The summed E-state index contributed by atoms with van der Waals surface area (Å²) in [7, 11) is 1.60. The molecule has 21 heavy (non-hydrogen) atoms. The van der Waals surface area contributed by atoms with Gasteiger partial charge in [-0.3, -0.25) is 4.79 Å². The van der Waals surface area contributed by atoms with Crippen molar-refractivity contribution in [1.82, 2.24) is 4.90 Å². The molecular formula is C16H25N3O2. The lowest BCUT2D eigenvalue weighted by Gasteiger charge is -2.36. The fourth-order valence-corrected chi connectivity index (χ4v) is 2.63. The molecule has 1 fully saturated rings. The van der Waals surface area contributed by atoms with Crippen molar-refractivity contribution in [3.8, 4) is 0 Å². The second-order valence-corrected chi connectivity index (χ2v) is 5.50. The lowest BCUT2D eigenvalue weighted by atomic mass is 10.1. The molecule has 0 spiro atoms. The van der Waals surface area contributed by atoms with Gasteiger partial charge in [0.1, 0.15) is 0 Å². The van der Waals surface area contributed by atoms with E-state index in [0.717, 1.165) is 26.2 Å². The third-order valence-electron chi connectivity index (χ3n) is 4.00. The average Bonchev–Trinajstić information content (AvgIpc) is 2.52. The highest BCUT2D eigenvalue weighted by atomic mass is 16.5. The topological polar surface area (TPSA) is 58.8 Å². The van der Waals surface area contributed by atoms with Crippen LogP contribution in [0.4, 0.5) is 5.69 Å². The van der Waals surface area contributed by atoms with Crippen LogP contribution in [0.2, 0.25) is 0 Å². The van der Waals surface area contributed by atoms with Crippen molar-refractivity contribution < 1.29 is 9.53 Å². The SMILES string of the molecule is COC(CN)CC(=O)N1CCN(c2cccc(C)c2)CC1. The van der Waals surface area contributed by atoms with E-state index in [0.29, 0.717) is 13.0 Å². The standard InChI is InChI=1S/C16H25N3O2/c1-13-4-3-5-14(10-13)18-6-8-19(9-7-18)16(20)11-15(12-17)21-2/h3-5,10,15H,6-9,11-12,17H2,1-2H3. The quantitative estimate of drug-likeness (QED) is 0.879. The summed E-state index contributed by atoms with van der Waals surface area (Å²) in [6.07, 6.45) is 0.199. The first-order chi connectivity index (χ1) is 10.1. The van der Waals surface area contributed by atoms with Crippen LogP contribution in [0.1, 0.15) is 12.0 Å². The van der Waals surface area contributed by atoms with E-state index in [4.69, 9.17) is 10.5 Å². The van der Waals surface area contributed by atoms with Crippen LogP contribution in [0, 0.1) is 6.92 Å². The molecule has 0 radical (unpaired) electrons. The molecule has 0 aliphatic carbocycles. The number of nitrogens with zero attached hydrogens (tertiary/aromatic N) is 2. The van der Waals surface area contributed by atoms with E-state index in [1.165, 1.54) is 11.3 Å². The molecule has 5 heteroatoms. The maximum absolute atomic E-state index is 12.2. The Bertz CT molecular complexity index is 466. The number of aryl methyl sites for hydroxylation is 1. The summed E-state index contributed by atoms with van der Waals surface area (Å²) in [4.78, 5) is 16.4. The van der Waals surface area contributed by atoms with Crippen molar-refractivity contribution in [3.63, 3.8) is 0 Å². The summed E-state index contributed by atoms with van der Waals surface area (Å²) in [5.41, 5.74) is 8.07. The largest absolute Gasteiger partial charge is 0.380 e. The molecule has 1 heterocycles. The number of benzene rings is 1. The second-order valence-electron chi connectivity index (χ2n) is 5.50. The molecule has 1 aliphatic heterocycles. The summed E-state index contributed by atoms with van der Waals surface area (Å²) in [6.45, 7) is 5.74. The number of rotatable bonds is 5. The first-order valence-corrected chi connectivity index (χ1v) is 7.46. The molecule has 0 saturated carbocycles. The Hall–Kier alpha value is -1.59. The van der Waals surface area contributed by atoms with E-state index >= 15 is 0 Å². The van der Waals surface area contributed by atoms with Gasteiger partial charge in [-0.25, -0.2) is 0 Å². The molecule has 1 atom stereocenters. The molecule has 2 rings (SSSR count). The van der Waals surface area contributed by atoms with Crippen molar-refractivity contribution in [2.75, 3.05) is 44.7 Å². The van der Waals surface area contributed by atoms with Crippen molar-refractivity contribution in [3.05, 3.63) is 29.8 Å². The fourth-order valence-electron chi connectivity index (χ4n) is 2.63. The van der Waals surface area contributed by atoms with Crippen LogP contribution in [-0.2, 0) is 9.53 Å².